The SMILES string of the molecule is O=C(O)C1C2CCCC2CN1C(=O)c1cnn2c1[nH]c(=O)c1ccccc12. The Bertz CT molecular complexity index is 1150. The molecule has 1 saturated heterocycles. The highest BCUT2D eigenvalue weighted by Crippen LogP contribution is 2.42. The van der Waals surface area contributed by atoms with E-state index in [0.717, 1.165) is 19.3 Å². The Morgan fingerprint density at radius 1 is 1.22 bits per heavy atom. The van der Waals surface area contributed by atoms with Gasteiger partial charge >= 0.3 is 5.97 Å². The summed E-state index contributed by atoms with van der Waals surface area (Å²) in [6.45, 7) is 0.440. The summed E-state index contributed by atoms with van der Waals surface area (Å²) < 4.78 is 1.52. The van der Waals surface area contributed by atoms with Crippen LogP contribution in [0.5, 0.6) is 0 Å². The second-order valence-electron chi connectivity index (χ2n) is 7.39. The molecule has 3 atom stereocenters. The molecule has 2 aromatic heterocycles. The number of amides is 1. The first-order valence-electron chi connectivity index (χ1n) is 9.09. The summed E-state index contributed by atoms with van der Waals surface area (Å²) in [4.78, 5) is 41.6. The maximum absolute atomic E-state index is 13.2. The van der Waals surface area contributed by atoms with Crippen LogP contribution in [0, 0.1) is 11.8 Å². The van der Waals surface area contributed by atoms with Gasteiger partial charge in [0.15, 0.2) is 0 Å². The third-order valence-electron chi connectivity index (χ3n) is 6.01. The highest BCUT2D eigenvalue weighted by molar-refractivity contribution is 6.02. The Morgan fingerprint density at radius 3 is 2.85 bits per heavy atom. The fraction of sp³-hybridized carbons (Fsp3) is 0.368. The van der Waals surface area contributed by atoms with Crippen molar-refractivity contribution in [3.8, 4) is 0 Å². The quantitative estimate of drug-likeness (QED) is 0.715. The molecule has 3 aromatic rings. The lowest BCUT2D eigenvalue weighted by Gasteiger charge is -2.24. The minimum atomic E-state index is -0.965. The Morgan fingerprint density at radius 2 is 2.04 bits per heavy atom. The molecule has 0 spiro atoms. The fourth-order valence-electron chi connectivity index (χ4n) is 4.82. The Labute approximate surface area is 153 Å². The molecule has 8 nitrogen and oxygen atoms in total. The van der Waals surface area contributed by atoms with E-state index in [1.165, 1.54) is 15.6 Å². The second kappa shape index (κ2) is 5.67. The van der Waals surface area contributed by atoms with E-state index in [1.54, 1.807) is 24.3 Å². The first-order valence-corrected chi connectivity index (χ1v) is 9.09. The zero-order valence-corrected chi connectivity index (χ0v) is 14.5. The number of para-hydroxylation sites is 1. The molecule has 3 heterocycles. The van der Waals surface area contributed by atoms with Gasteiger partial charge in [-0.05, 0) is 36.8 Å². The normalized spacial score (nSPS) is 24.6. The number of likely N-dealkylation sites (tertiary alicyclic amines) is 1. The highest BCUT2D eigenvalue weighted by atomic mass is 16.4. The van der Waals surface area contributed by atoms with Crippen LogP contribution in [0.1, 0.15) is 29.6 Å². The number of hydrogen-bond acceptors (Lipinski definition) is 4. The standard InChI is InChI=1S/C19H18N4O4/c24-17-12-5-1-2-7-14(12)23-16(21-17)13(8-20-23)18(25)22-9-10-4-3-6-11(10)15(22)19(26)27/h1-2,5,7-8,10-11,15H,3-4,6,9H2,(H,21,24)(H,26,27). The van der Waals surface area contributed by atoms with Gasteiger partial charge in [-0.3, -0.25) is 9.59 Å². The van der Waals surface area contributed by atoms with E-state index in [0.29, 0.717) is 23.1 Å². The number of aromatic nitrogens is 3. The van der Waals surface area contributed by atoms with Gasteiger partial charge < -0.3 is 15.0 Å². The number of H-pyrrole nitrogens is 1. The number of carbonyl (C=O) groups excluding carboxylic acids is 1. The number of benzene rings is 1. The monoisotopic (exact) mass is 366 g/mol. The molecule has 0 radical (unpaired) electrons. The fourth-order valence-corrected chi connectivity index (χ4v) is 4.82. The number of fused-ring (bicyclic) bond motifs is 4. The zero-order chi connectivity index (χ0) is 18.7. The van der Waals surface area contributed by atoms with Crippen molar-refractivity contribution in [2.24, 2.45) is 11.8 Å². The molecular weight excluding hydrogens is 348 g/mol. The van der Waals surface area contributed by atoms with Gasteiger partial charge in [0, 0.05) is 6.54 Å². The molecule has 1 saturated carbocycles. The number of aliphatic carboxylic acids is 1. The van der Waals surface area contributed by atoms with Crippen LogP contribution >= 0.6 is 0 Å². The van der Waals surface area contributed by atoms with Gasteiger partial charge in [-0.2, -0.15) is 5.10 Å². The summed E-state index contributed by atoms with van der Waals surface area (Å²) in [5.74, 6) is -1.11. The average Bonchev–Trinajstić information content (AvgIpc) is 3.34. The molecule has 1 aliphatic heterocycles. The lowest BCUT2D eigenvalue weighted by atomic mass is 9.94. The van der Waals surface area contributed by atoms with Crippen LogP contribution in [0.4, 0.5) is 0 Å². The van der Waals surface area contributed by atoms with Gasteiger partial charge in [0.05, 0.1) is 17.1 Å². The first kappa shape index (κ1) is 16.0. The molecule has 27 heavy (non-hydrogen) atoms. The van der Waals surface area contributed by atoms with Gasteiger partial charge in [-0.25, -0.2) is 9.31 Å². The van der Waals surface area contributed by atoms with Crippen LogP contribution < -0.4 is 5.56 Å². The summed E-state index contributed by atoms with van der Waals surface area (Å²) >= 11 is 0. The largest absolute Gasteiger partial charge is 0.480 e. The average molecular weight is 366 g/mol. The number of carboxylic acid groups (broad SMARTS) is 1. The minimum Gasteiger partial charge on any atom is -0.480 e. The van der Waals surface area contributed by atoms with Crippen molar-refractivity contribution >= 4 is 28.4 Å². The number of carbonyl (C=O) groups is 2. The highest BCUT2D eigenvalue weighted by Gasteiger charge is 2.50. The number of nitrogens with zero attached hydrogens (tertiary/aromatic N) is 3. The van der Waals surface area contributed by atoms with Crippen LogP contribution in [0.2, 0.25) is 0 Å². The molecule has 0 bridgehead atoms. The van der Waals surface area contributed by atoms with Gasteiger partial charge in [-0.15, -0.1) is 0 Å². The topological polar surface area (TPSA) is 108 Å². The van der Waals surface area contributed by atoms with Crippen LogP contribution in [-0.4, -0.2) is 49.1 Å². The molecule has 2 aliphatic rings. The van der Waals surface area contributed by atoms with Crippen molar-refractivity contribution in [2.45, 2.75) is 25.3 Å². The lowest BCUT2D eigenvalue weighted by Crippen LogP contribution is -2.43. The number of nitrogens with one attached hydrogen (secondary N) is 1. The molecule has 3 unspecified atom stereocenters. The third kappa shape index (κ3) is 2.22. The third-order valence-corrected chi connectivity index (χ3v) is 6.01. The Hall–Kier alpha value is -3.16. The smallest absolute Gasteiger partial charge is 0.326 e. The predicted molar refractivity (Wildman–Crippen MR) is 96.6 cm³/mol. The predicted octanol–water partition coefficient (Wildman–Crippen LogP) is 1.50. The van der Waals surface area contributed by atoms with Crippen LogP contribution in [0.25, 0.3) is 16.6 Å². The van der Waals surface area contributed by atoms with E-state index in [-0.39, 0.29) is 23.0 Å². The summed E-state index contributed by atoms with van der Waals surface area (Å²) in [5, 5.41) is 14.5. The summed E-state index contributed by atoms with van der Waals surface area (Å²) in [6.07, 6.45) is 4.21. The van der Waals surface area contributed by atoms with E-state index in [1.807, 2.05) is 0 Å². The maximum Gasteiger partial charge on any atom is 0.326 e. The second-order valence-corrected chi connectivity index (χ2v) is 7.39. The van der Waals surface area contributed by atoms with E-state index in [4.69, 9.17) is 0 Å². The van der Waals surface area contributed by atoms with E-state index >= 15 is 0 Å². The van der Waals surface area contributed by atoms with Crippen LogP contribution in [0.3, 0.4) is 0 Å². The van der Waals surface area contributed by atoms with Gasteiger partial charge in [-0.1, -0.05) is 18.6 Å². The molecular formula is C19H18N4O4. The Kier molecular flexibility index (Phi) is 3.37. The Balaban J connectivity index is 1.62. The van der Waals surface area contributed by atoms with Gasteiger partial charge in [0.1, 0.15) is 17.3 Å². The molecule has 1 amide bonds. The van der Waals surface area contributed by atoms with Crippen molar-refractivity contribution in [2.75, 3.05) is 6.54 Å². The van der Waals surface area contributed by atoms with E-state index < -0.39 is 17.9 Å². The lowest BCUT2D eigenvalue weighted by molar-refractivity contribution is -0.142. The number of aromatic amines is 1. The van der Waals surface area contributed by atoms with Crippen molar-refractivity contribution in [1.29, 1.82) is 0 Å². The summed E-state index contributed by atoms with van der Waals surface area (Å²) in [6, 6.07) is 6.20. The van der Waals surface area contributed by atoms with Gasteiger partial charge in [0.25, 0.3) is 11.5 Å². The zero-order valence-electron chi connectivity index (χ0n) is 14.5. The van der Waals surface area contributed by atoms with Crippen LogP contribution in [-0.2, 0) is 4.79 Å². The summed E-state index contributed by atoms with van der Waals surface area (Å²) in [7, 11) is 0. The van der Waals surface area contributed by atoms with Crippen molar-refractivity contribution in [1.82, 2.24) is 19.5 Å². The molecule has 8 heteroatoms. The van der Waals surface area contributed by atoms with Gasteiger partial charge in [0.2, 0.25) is 0 Å². The first-order chi connectivity index (χ1) is 13.1. The number of carboxylic acids is 1. The van der Waals surface area contributed by atoms with E-state index in [2.05, 4.69) is 10.1 Å². The minimum absolute atomic E-state index is 0.00756. The number of hydrogen-bond donors (Lipinski definition) is 2. The molecule has 2 N–H and O–H groups in total. The number of rotatable bonds is 2. The maximum atomic E-state index is 13.2. The molecule has 1 aliphatic carbocycles. The van der Waals surface area contributed by atoms with Crippen LogP contribution in [0.15, 0.2) is 35.3 Å². The molecule has 5 rings (SSSR count). The molecule has 1 aromatic carbocycles. The summed E-state index contributed by atoms with van der Waals surface area (Å²) in [5.41, 5.74) is 0.818. The van der Waals surface area contributed by atoms with E-state index in [9.17, 15) is 19.5 Å². The molecule has 2 fully saturated rings. The van der Waals surface area contributed by atoms with Crippen molar-refractivity contribution in [3.63, 3.8) is 0 Å². The van der Waals surface area contributed by atoms with Crippen molar-refractivity contribution < 1.29 is 14.7 Å². The van der Waals surface area contributed by atoms with Crippen molar-refractivity contribution in [3.05, 3.63) is 46.4 Å². The molecule has 138 valence electrons.